The van der Waals surface area contributed by atoms with E-state index in [0.717, 1.165) is 19.0 Å². The maximum Gasteiger partial charge on any atom is 0.0794 e. The molecule has 2 heterocycles. The molecule has 0 aliphatic carbocycles. The van der Waals surface area contributed by atoms with Crippen LogP contribution in [0.5, 0.6) is 0 Å². The van der Waals surface area contributed by atoms with Gasteiger partial charge in [-0.05, 0) is 25.3 Å². The summed E-state index contributed by atoms with van der Waals surface area (Å²) in [6, 6.07) is 0.566. The average Bonchev–Trinajstić information content (AvgIpc) is 2.73. The molecule has 0 aromatic carbocycles. The van der Waals surface area contributed by atoms with E-state index < -0.39 is 0 Å². The lowest BCUT2D eigenvalue weighted by Crippen LogP contribution is -2.45. The molecule has 15 heavy (non-hydrogen) atoms. The molecule has 1 aliphatic rings. The van der Waals surface area contributed by atoms with Crippen molar-refractivity contribution in [1.29, 1.82) is 0 Å². The van der Waals surface area contributed by atoms with Crippen molar-refractivity contribution >= 4 is 11.3 Å². The fourth-order valence-corrected chi connectivity index (χ4v) is 2.89. The molecule has 0 saturated carbocycles. The second-order valence-electron chi connectivity index (χ2n) is 4.46. The van der Waals surface area contributed by atoms with Crippen LogP contribution in [-0.4, -0.2) is 29.0 Å². The highest BCUT2D eigenvalue weighted by Gasteiger charge is 2.25. The predicted molar refractivity (Wildman–Crippen MR) is 63.8 cm³/mol. The monoisotopic (exact) mass is 225 g/mol. The van der Waals surface area contributed by atoms with Crippen molar-refractivity contribution in [3.05, 3.63) is 16.6 Å². The summed E-state index contributed by atoms with van der Waals surface area (Å²) in [6.45, 7) is 5.32. The van der Waals surface area contributed by atoms with E-state index in [0.29, 0.717) is 6.04 Å². The summed E-state index contributed by atoms with van der Waals surface area (Å²) in [4.78, 5) is 7.97. The molecule has 4 heteroatoms. The summed E-state index contributed by atoms with van der Waals surface area (Å²) in [6.07, 6.45) is 4.51. The Labute approximate surface area is 95.3 Å². The van der Waals surface area contributed by atoms with Crippen molar-refractivity contribution in [2.45, 2.75) is 32.4 Å². The number of piperidine rings is 1. The minimum atomic E-state index is 0.566. The summed E-state index contributed by atoms with van der Waals surface area (Å²) < 4.78 is 0. The van der Waals surface area contributed by atoms with Crippen molar-refractivity contribution in [1.82, 2.24) is 9.88 Å². The number of hydrogen-bond acceptors (Lipinski definition) is 4. The van der Waals surface area contributed by atoms with Crippen LogP contribution in [0.2, 0.25) is 0 Å². The van der Waals surface area contributed by atoms with E-state index in [-0.39, 0.29) is 0 Å². The van der Waals surface area contributed by atoms with E-state index in [1.165, 1.54) is 24.3 Å². The highest BCUT2D eigenvalue weighted by Crippen LogP contribution is 2.24. The first-order valence-electron chi connectivity index (χ1n) is 5.61. The van der Waals surface area contributed by atoms with Gasteiger partial charge in [-0.3, -0.25) is 9.88 Å². The van der Waals surface area contributed by atoms with Gasteiger partial charge in [0.05, 0.1) is 5.51 Å². The molecule has 84 valence electrons. The number of nitrogens with zero attached hydrogens (tertiary/aromatic N) is 2. The largest absolute Gasteiger partial charge is 0.329 e. The van der Waals surface area contributed by atoms with Crippen LogP contribution in [0.1, 0.15) is 24.6 Å². The third-order valence-corrected chi connectivity index (χ3v) is 3.98. The van der Waals surface area contributed by atoms with Crippen LogP contribution in [0, 0.1) is 5.92 Å². The zero-order valence-corrected chi connectivity index (χ0v) is 10.0. The van der Waals surface area contributed by atoms with Gasteiger partial charge in [-0.1, -0.05) is 6.92 Å². The fourth-order valence-electron chi connectivity index (χ4n) is 2.27. The standard InChI is InChI=1S/C11H19N3S/c1-9-2-3-14(10(4-9)5-12)7-11-6-13-8-15-11/h6,8-10H,2-5,7,12H2,1H3. The Hall–Kier alpha value is -0.450. The average molecular weight is 225 g/mol. The quantitative estimate of drug-likeness (QED) is 0.851. The molecule has 0 amide bonds. The Morgan fingerprint density at radius 1 is 1.67 bits per heavy atom. The lowest BCUT2D eigenvalue weighted by molar-refractivity contribution is 0.116. The maximum absolute atomic E-state index is 5.83. The van der Waals surface area contributed by atoms with Crippen LogP contribution in [0.4, 0.5) is 0 Å². The zero-order valence-electron chi connectivity index (χ0n) is 9.22. The Morgan fingerprint density at radius 3 is 3.20 bits per heavy atom. The van der Waals surface area contributed by atoms with Gasteiger partial charge in [0, 0.05) is 30.2 Å². The van der Waals surface area contributed by atoms with Crippen molar-refractivity contribution in [3.63, 3.8) is 0 Å². The predicted octanol–water partition coefficient (Wildman–Crippen LogP) is 1.70. The first-order valence-corrected chi connectivity index (χ1v) is 6.49. The van der Waals surface area contributed by atoms with Gasteiger partial charge in [-0.25, -0.2) is 0 Å². The van der Waals surface area contributed by atoms with Crippen molar-refractivity contribution in [2.75, 3.05) is 13.1 Å². The topological polar surface area (TPSA) is 42.2 Å². The van der Waals surface area contributed by atoms with Gasteiger partial charge in [0.25, 0.3) is 0 Å². The van der Waals surface area contributed by atoms with Gasteiger partial charge in [-0.15, -0.1) is 11.3 Å². The summed E-state index contributed by atoms with van der Waals surface area (Å²) >= 11 is 1.74. The highest BCUT2D eigenvalue weighted by atomic mass is 32.1. The smallest absolute Gasteiger partial charge is 0.0794 e. The molecule has 2 unspecified atom stereocenters. The first-order chi connectivity index (χ1) is 7.29. The van der Waals surface area contributed by atoms with Gasteiger partial charge >= 0.3 is 0 Å². The third kappa shape index (κ3) is 2.77. The second-order valence-corrected chi connectivity index (χ2v) is 5.43. The van der Waals surface area contributed by atoms with E-state index in [9.17, 15) is 0 Å². The van der Waals surface area contributed by atoms with E-state index in [2.05, 4.69) is 16.8 Å². The normalized spacial score (nSPS) is 28.1. The van der Waals surface area contributed by atoms with Gasteiger partial charge in [0.15, 0.2) is 0 Å². The van der Waals surface area contributed by atoms with E-state index in [4.69, 9.17) is 5.73 Å². The molecule has 2 rings (SSSR count). The molecule has 0 bridgehead atoms. The lowest BCUT2D eigenvalue weighted by atomic mass is 9.92. The van der Waals surface area contributed by atoms with Crippen LogP contribution in [0.3, 0.4) is 0 Å². The molecule has 2 atom stereocenters. The van der Waals surface area contributed by atoms with Gasteiger partial charge < -0.3 is 5.73 Å². The number of thiazole rings is 1. The Morgan fingerprint density at radius 2 is 2.53 bits per heavy atom. The minimum Gasteiger partial charge on any atom is -0.329 e. The number of likely N-dealkylation sites (tertiary alicyclic amines) is 1. The lowest BCUT2D eigenvalue weighted by Gasteiger charge is -2.37. The highest BCUT2D eigenvalue weighted by molar-refractivity contribution is 7.09. The molecule has 1 aromatic rings. The summed E-state index contributed by atoms with van der Waals surface area (Å²) in [7, 11) is 0. The third-order valence-electron chi connectivity index (χ3n) is 3.21. The molecule has 3 nitrogen and oxygen atoms in total. The van der Waals surface area contributed by atoms with Crippen molar-refractivity contribution < 1.29 is 0 Å². The van der Waals surface area contributed by atoms with Gasteiger partial charge in [0.1, 0.15) is 0 Å². The zero-order chi connectivity index (χ0) is 10.7. The number of nitrogens with two attached hydrogens (primary N) is 1. The molecule has 2 N–H and O–H groups in total. The van der Waals surface area contributed by atoms with Gasteiger partial charge in [-0.2, -0.15) is 0 Å². The van der Waals surface area contributed by atoms with E-state index in [1.54, 1.807) is 11.3 Å². The maximum atomic E-state index is 5.83. The van der Waals surface area contributed by atoms with Crippen molar-refractivity contribution in [3.8, 4) is 0 Å². The Balaban J connectivity index is 1.95. The minimum absolute atomic E-state index is 0.566. The first kappa shape index (κ1) is 11.0. The molecule has 0 radical (unpaired) electrons. The molecular weight excluding hydrogens is 206 g/mol. The number of aromatic nitrogens is 1. The molecule has 1 saturated heterocycles. The van der Waals surface area contributed by atoms with Gasteiger partial charge in [0.2, 0.25) is 0 Å². The van der Waals surface area contributed by atoms with Crippen LogP contribution >= 0.6 is 11.3 Å². The fraction of sp³-hybridized carbons (Fsp3) is 0.727. The molecular formula is C11H19N3S. The Kier molecular flexibility index (Phi) is 3.72. The SMILES string of the molecule is CC1CCN(Cc2cncs2)C(CN)C1. The summed E-state index contributed by atoms with van der Waals surface area (Å²) in [5, 5.41) is 0. The van der Waals surface area contributed by atoms with E-state index in [1.807, 2.05) is 11.7 Å². The summed E-state index contributed by atoms with van der Waals surface area (Å²) in [5.41, 5.74) is 7.73. The second kappa shape index (κ2) is 5.05. The van der Waals surface area contributed by atoms with Crippen LogP contribution in [-0.2, 0) is 6.54 Å². The number of rotatable bonds is 3. The van der Waals surface area contributed by atoms with Crippen LogP contribution < -0.4 is 5.73 Å². The van der Waals surface area contributed by atoms with E-state index >= 15 is 0 Å². The summed E-state index contributed by atoms with van der Waals surface area (Å²) in [5.74, 6) is 0.830. The van der Waals surface area contributed by atoms with Crippen molar-refractivity contribution in [2.24, 2.45) is 11.7 Å². The Bertz CT molecular complexity index is 286. The van der Waals surface area contributed by atoms with Crippen LogP contribution in [0.25, 0.3) is 0 Å². The van der Waals surface area contributed by atoms with Crippen LogP contribution in [0.15, 0.2) is 11.7 Å². The molecule has 1 aliphatic heterocycles. The molecule has 1 aromatic heterocycles. The molecule has 1 fully saturated rings. The molecule has 0 spiro atoms. The number of hydrogen-bond donors (Lipinski definition) is 1.